The van der Waals surface area contributed by atoms with Crippen molar-refractivity contribution in [2.45, 2.75) is 37.9 Å². The van der Waals surface area contributed by atoms with Crippen molar-refractivity contribution in [3.63, 3.8) is 0 Å². The van der Waals surface area contributed by atoms with E-state index in [1.807, 2.05) is 17.8 Å². The highest BCUT2D eigenvalue weighted by Crippen LogP contribution is 2.41. The number of amides is 1. The first-order valence-electron chi connectivity index (χ1n) is 5.08. The van der Waals surface area contributed by atoms with E-state index in [1.165, 1.54) is 0 Å². The number of rotatable bonds is 2. The van der Waals surface area contributed by atoms with Gasteiger partial charge >= 0.3 is 0 Å². The molecule has 0 aliphatic carbocycles. The molecule has 1 rings (SSSR count). The predicted molar refractivity (Wildman–Crippen MR) is 62.2 cm³/mol. The van der Waals surface area contributed by atoms with Crippen LogP contribution in [0.3, 0.4) is 0 Å². The van der Waals surface area contributed by atoms with E-state index in [-0.39, 0.29) is 10.3 Å². The Balaban J connectivity index is 2.97. The van der Waals surface area contributed by atoms with Crippen LogP contribution in [0.25, 0.3) is 0 Å². The zero-order chi connectivity index (χ0) is 11.5. The average Bonchev–Trinajstić information content (AvgIpc) is 2.18. The van der Waals surface area contributed by atoms with E-state index in [1.54, 1.807) is 0 Å². The quantitative estimate of drug-likeness (QED) is 0.576. The first-order valence-corrected chi connectivity index (χ1v) is 6.07. The molecule has 1 unspecified atom stereocenters. The summed E-state index contributed by atoms with van der Waals surface area (Å²) in [6, 6.07) is 1.93. The lowest BCUT2D eigenvalue weighted by Gasteiger charge is -2.33. The van der Waals surface area contributed by atoms with Crippen molar-refractivity contribution in [3.05, 3.63) is 11.1 Å². The molecule has 0 aromatic rings. The molecule has 1 fully saturated rings. The van der Waals surface area contributed by atoms with Gasteiger partial charge in [0.05, 0.1) is 0 Å². The van der Waals surface area contributed by atoms with Gasteiger partial charge in [-0.25, -0.2) is 0 Å². The minimum Gasteiger partial charge on any atom is -0.365 e. The SMILES string of the molecule is CCC1(C)C/C(=C(\C#N)C(N)=O)CCS1. The zero-order valence-electron chi connectivity index (χ0n) is 9.17. The number of nitriles is 1. The van der Waals surface area contributed by atoms with Gasteiger partial charge in [-0.05, 0) is 30.6 Å². The highest BCUT2D eigenvalue weighted by Gasteiger charge is 2.30. The maximum atomic E-state index is 11.1. The number of hydrogen-bond acceptors (Lipinski definition) is 3. The Hall–Kier alpha value is -0.950. The molecule has 2 N–H and O–H groups in total. The maximum Gasteiger partial charge on any atom is 0.259 e. The van der Waals surface area contributed by atoms with Gasteiger partial charge in [-0.1, -0.05) is 13.8 Å². The number of carbonyl (C=O) groups excluding carboxylic acids is 1. The number of hydrogen-bond donors (Lipinski definition) is 1. The highest BCUT2D eigenvalue weighted by molar-refractivity contribution is 8.00. The van der Waals surface area contributed by atoms with Crippen LogP contribution in [0.2, 0.25) is 0 Å². The van der Waals surface area contributed by atoms with Gasteiger partial charge in [0.2, 0.25) is 0 Å². The second-order valence-electron chi connectivity index (χ2n) is 4.03. The molecule has 1 aliphatic heterocycles. The van der Waals surface area contributed by atoms with Crippen molar-refractivity contribution in [3.8, 4) is 6.07 Å². The third kappa shape index (κ3) is 2.75. The zero-order valence-corrected chi connectivity index (χ0v) is 9.99. The Morgan fingerprint density at radius 1 is 1.73 bits per heavy atom. The number of nitrogens with two attached hydrogens (primary N) is 1. The molecule has 1 heterocycles. The van der Waals surface area contributed by atoms with Crippen molar-refractivity contribution in [1.29, 1.82) is 5.26 Å². The van der Waals surface area contributed by atoms with Gasteiger partial charge in [-0.3, -0.25) is 4.79 Å². The summed E-state index contributed by atoms with van der Waals surface area (Å²) in [4.78, 5) is 11.1. The van der Waals surface area contributed by atoms with E-state index < -0.39 is 5.91 Å². The average molecular weight is 224 g/mol. The number of primary amides is 1. The summed E-state index contributed by atoms with van der Waals surface area (Å²) in [5, 5.41) is 8.88. The van der Waals surface area contributed by atoms with Crippen molar-refractivity contribution in [2.24, 2.45) is 5.73 Å². The van der Waals surface area contributed by atoms with Crippen molar-refractivity contribution >= 4 is 17.7 Å². The molecule has 82 valence electrons. The minimum atomic E-state index is -0.585. The topological polar surface area (TPSA) is 66.9 Å². The molecule has 1 saturated heterocycles. The lowest BCUT2D eigenvalue weighted by atomic mass is 9.92. The second-order valence-corrected chi connectivity index (χ2v) is 5.72. The van der Waals surface area contributed by atoms with Crippen LogP contribution in [0.4, 0.5) is 0 Å². The fourth-order valence-electron chi connectivity index (χ4n) is 1.76. The Kier molecular flexibility index (Phi) is 3.81. The van der Waals surface area contributed by atoms with E-state index in [4.69, 9.17) is 11.0 Å². The lowest BCUT2D eigenvalue weighted by molar-refractivity contribution is -0.114. The summed E-state index contributed by atoms with van der Waals surface area (Å²) in [5.41, 5.74) is 6.30. The van der Waals surface area contributed by atoms with Gasteiger partial charge in [-0.15, -0.1) is 0 Å². The first kappa shape index (κ1) is 12.1. The molecule has 15 heavy (non-hydrogen) atoms. The number of carbonyl (C=O) groups is 1. The van der Waals surface area contributed by atoms with Crippen molar-refractivity contribution < 1.29 is 4.79 Å². The molecular formula is C11H16N2OS. The van der Waals surface area contributed by atoms with Gasteiger partial charge < -0.3 is 5.73 Å². The fraction of sp³-hybridized carbons (Fsp3) is 0.636. The third-order valence-corrected chi connectivity index (χ3v) is 4.44. The summed E-state index contributed by atoms with van der Waals surface area (Å²) in [6.07, 6.45) is 2.66. The first-order chi connectivity index (χ1) is 7.02. The van der Waals surface area contributed by atoms with Crippen LogP contribution in [0, 0.1) is 11.3 Å². The van der Waals surface area contributed by atoms with Crippen LogP contribution in [0.15, 0.2) is 11.1 Å². The van der Waals surface area contributed by atoms with E-state index in [0.29, 0.717) is 0 Å². The largest absolute Gasteiger partial charge is 0.365 e. The Morgan fingerprint density at radius 2 is 2.40 bits per heavy atom. The molecule has 3 nitrogen and oxygen atoms in total. The van der Waals surface area contributed by atoms with Crippen LogP contribution in [-0.4, -0.2) is 16.4 Å². The molecule has 1 atom stereocenters. The van der Waals surface area contributed by atoms with E-state index in [2.05, 4.69) is 13.8 Å². The van der Waals surface area contributed by atoms with Crippen LogP contribution >= 0.6 is 11.8 Å². The van der Waals surface area contributed by atoms with Crippen LogP contribution in [-0.2, 0) is 4.79 Å². The maximum absolute atomic E-state index is 11.1. The van der Waals surface area contributed by atoms with Crippen LogP contribution in [0.1, 0.15) is 33.1 Å². The second kappa shape index (κ2) is 4.71. The normalized spacial score (nSPS) is 29.4. The molecule has 0 saturated carbocycles. The van der Waals surface area contributed by atoms with Gasteiger partial charge in [0, 0.05) is 4.75 Å². The van der Waals surface area contributed by atoms with E-state index in [9.17, 15) is 4.79 Å². The van der Waals surface area contributed by atoms with Gasteiger partial charge in [-0.2, -0.15) is 17.0 Å². The van der Waals surface area contributed by atoms with Gasteiger partial charge in [0.25, 0.3) is 5.91 Å². The summed E-state index contributed by atoms with van der Waals surface area (Å²) in [6.45, 7) is 4.30. The van der Waals surface area contributed by atoms with Crippen molar-refractivity contribution in [2.75, 3.05) is 5.75 Å². The van der Waals surface area contributed by atoms with Gasteiger partial charge in [0.15, 0.2) is 0 Å². The molecular weight excluding hydrogens is 208 g/mol. The standard InChI is InChI=1S/C11H16N2OS/c1-3-11(2)6-8(4-5-15-11)9(7-12)10(13)14/h3-6H2,1-2H3,(H2,13,14)/b9-8+. The van der Waals surface area contributed by atoms with Crippen LogP contribution in [0.5, 0.6) is 0 Å². The minimum absolute atomic E-state index is 0.158. The molecule has 1 aliphatic rings. The number of allylic oxidation sites excluding steroid dienone is 1. The predicted octanol–water partition coefficient (Wildman–Crippen LogP) is 1.99. The third-order valence-electron chi connectivity index (χ3n) is 2.90. The molecule has 0 bridgehead atoms. The summed E-state index contributed by atoms with van der Waals surface area (Å²) < 4.78 is 0.158. The Labute approximate surface area is 94.7 Å². The van der Waals surface area contributed by atoms with E-state index >= 15 is 0 Å². The lowest BCUT2D eigenvalue weighted by Crippen LogP contribution is -2.27. The molecule has 0 aromatic carbocycles. The smallest absolute Gasteiger partial charge is 0.259 e. The highest BCUT2D eigenvalue weighted by atomic mass is 32.2. The molecule has 0 aromatic heterocycles. The number of nitrogens with zero attached hydrogens (tertiary/aromatic N) is 1. The Bertz CT molecular complexity index is 343. The summed E-state index contributed by atoms with van der Waals surface area (Å²) in [7, 11) is 0. The van der Waals surface area contributed by atoms with Crippen molar-refractivity contribution in [1.82, 2.24) is 0 Å². The number of thioether (sulfide) groups is 1. The molecule has 0 radical (unpaired) electrons. The summed E-state index contributed by atoms with van der Waals surface area (Å²) in [5.74, 6) is 0.385. The van der Waals surface area contributed by atoms with Crippen LogP contribution < -0.4 is 5.73 Å². The van der Waals surface area contributed by atoms with E-state index in [0.717, 1.165) is 30.6 Å². The monoisotopic (exact) mass is 224 g/mol. The summed E-state index contributed by atoms with van der Waals surface area (Å²) >= 11 is 1.91. The van der Waals surface area contributed by atoms with Gasteiger partial charge in [0.1, 0.15) is 11.6 Å². The molecule has 0 spiro atoms. The fourth-order valence-corrected chi connectivity index (χ4v) is 3.08. The Morgan fingerprint density at radius 3 is 2.87 bits per heavy atom. The molecule has 4 heteroatoms. The molecule has 1 amide bonds.